The van der Waals surface area contributed by atoms with Crippen LogP contribution in [0.1, 0.15) is 34.1 Å². The van der Waals surface area contributed by atoms with Crippen LogP contribution in [0, 0.1) is 0 Å². The SMILES string of the molecule is CCN(CC)C(=O)CN1CCCN(CC(=O)N(CC)CC)CC1. The molecule has 0 bridgehead atoms. The Kier molecular flexibility index (Phi) is 9.17. The van der Waals surface area contributed by atoms with Crippen molar-refractivity contribution in [2.75, 3.05) is 65.4 Å². The van der Waals surface area contributed by atoms with Crippen molar-refractivity contribution in [2.45, 2.75) is 34.1 Å². The first kappa shape index (κ1) is 19.9. The molecule has 134 valence electrons. The molecule has 0 aromatic carbocycles. The predicted octanol–water partition coefficient (Wildman–Crippen LogP) is 0.731. The zero-order valence-electron chi connectivity index (χ0n) is 15.4. The Morgan fingerprint density at radius 2 is 1.04 bits per heavy atom. The number of rotatable bonds is 8. The second kappa shape index (κ2) is 10.6. The van der Waals surface area contributed by atoms with Gasteiger partial charge in [-0.05, 0) is 47.2 Å². The van der Waals surface area contributed by atoms with E-state index in [1.807, 2.05) is 37.5 Å². The minimum Gasteiger partial charge on any atom is -0.342 e. The topological polar surface area (TPSA) is 47.1 Å². The second-order valence-corrected chi connectivity index (χ2v) is 6.04. The fraction of sp³-hybridized carbons (Fsp3) is 0.882. The molecule has 0 aromatic rings. The molecule has 1 heterocycles. The Morgan fingerprint density at radius 3 is 1.35 bits per heavy atom. The number of nitrogens with zero attached hydrogens (tertiary/aromatic N) is 4. The van der Waals surface area contributed by atoms with Crippen molar-refractivity contribution in [3.63, 3.8) is 0 Å². The van der Waals surface area contributed by atoms with Crippen molar-refractivity contribution in [3.8, 4) is 0 Å². The Hall–Kier alpha value is -1.14. The molecule has 0 atom stereocenters. The average Bonchev–Trinajstić information content (AvgIpc) is 2.75. The van der Waals surface area contributed by atoms with Gasteiger partial charge in [-0.25, -0.2) is 0 Å². The van der Waals surface area contributed by atoms with Gasteiger partial charge in [-0.3, -0.25) is 19.4 Å². The summed E-state index contributed by atoms with van der Waals surface area (Å²) in [5.74, 6) is 0.422. The molecular weight excluding hydrogens is 292 g/mol. The lowest BCUT2D eigenvalue weighted by atomic mass is 10.3. The summed E-state index contributed by atoms with van der Waals surface area (Å²) < 4.78 is 0. The molecule has 0 aromatic heterocycles. The van der Waals surface area contributed by atoms with Gasteiger partial charge in [-0.1, -0.05) is 0 Å². The number of hydrogen-bond acceptors (Lipinski definition) is 4. The van der Waals surface area contributed by atoms with Crippen LogP contribution in [0.25, 0.3) is 0 Å². The van der Waals surface area contributed by atoms with E-state index >= 15 is 0 Å². The monoisotopic (exact) mass is 326 g/mol. The molecule has 6 nitrogen and oxygen atoms in total. The number of carbonyl (C=O) groups is 2. The highest BCUT2D eigenvalue weighted by molar-refractivity contribution is 5.78. The van der Waals surface area contributed by atoms with Gasteiger partial charge in [0, 0.05) is 39.3 Å². The van der Waals surface area contributed by atoms with Crippen LogP contribution in [-0.4, -0.2) is 96.9 Å². The fourth-order valence-electron chi connectivity index (χ4n) is 3.08. The second-order valence-electron chi connectivity index (χ2n) is 6.04. The van der Waals surface area contributed by atoms with Gasteiger partial charge in [0.05, 0.1) is 13.1 Å². The highest BCUT2D eigenvalue weighted by atomic mass is 16.2. The lowest BCUT2D eigenvalue weighted by Gasteiger charge is -2.26. The first-order valence-electron chi connectivity index (χ1n) is 9.05. The third-order valence-electron chi connectivity index (χ3n) is 4.63. The fourth-order valence-corrected chi connectivity index (χ4v) is 3.08. The van der Waals surface area contributed by atoms with E-state index in [2.05, 4.69) is 9.80 Å². The summed E-state index contributed by atoms with van der Waals surface area (Å²) in [6.07, 6.45) is 1.01. The number of likely N-dealkylation sites (N-methyl/N-ethyl adjacent to an activating group) is 2. The van der Waals surface area contributed by atoms with Crippen LogP contribution in [0.15, 0.2) is 0 Å². The van der Waals surface area contributed by atoms with Crippen molar-refractivity contribution in [1.29, 1.82) is 0 Å². The van der Waals surface area contributed by atoms with Gasteiger partial charge in [0.25, 0.3) is 0 Å². The summed E-state index contributed by atoms with van der Waals surface area (Å²) >= 11 is 0. The summed E-state index contributed by atoms with van der Waals surface area (Å²) in [6.45, 7) is 15.7. The van der Waals surface area contributed by atoms with Crippen molar-refractivity contribution < 1.29 is 9.59 Å². The smallest absolute Gasteiger partial charge is 0.236 e. The summed E-state index contributed by atoms with van der Waals surface area (Å²) in [7, 11) is 0. The maximum absolute atomic E-state index is 12.2. The molecule has 1 saturated heterocycles. The van der Waals surface area contributed by atoms with Crippen LogP contribution >= 0.6 is 0 Å². The van der Waals surface area contributed by atoms with Gasteiger partial charge in [0.15, 0.2) is 0 Å². The van der Waals surface area contributed by atoms with Crippen LogP contribution in [-0.2, 0) is 9.59 Å². The molecule has 1 aliphatic rings. The molecule has 0 radical (unpaired) electrons. The molecule has 1 fully saturated rings. The van der Waals surface area contributed by atoms with Gasteiger partial charge in [0.2, 0.25) is 11.8 Å². The molecule has 23 heavy (non-hydrogen) atoms. The van der Waals surface area contributed by atoms with Gasteiger partial charge >= 0.3 is 0 Å². The molecule has 1 aliphatic heterocycles. The quantitative estimate of drug-likeness (QED) is 0.660. The van der Waals surface area contributed by atoms with Crippen molar-refractivity contribution >= 4 is 11.8 Å². The van der Waals surface area contributed by atoms with E-state index in [9.17, 15) is 9.59 Å². The van der Waals surface area contributed by atoms with Crippen LogP contribution in [0.4, 0.5) is 0 Å². The molecule has 0 spiro atoms. The van der Waals surface area contributed by atoms with E-state index in [-0.39, 0.29) is 11.8 Å². The largest absolute Gasteiger partial charge is 0.342 e. The number of amides is 2. The van der Waals surface area contributed by atoms with E-state index in [4.69, 9.17) is 0 Å². The summed E-state index contributed by atoms with van der Waals surface area (Å²) in [4.78, 5) is 32.7. The summed E-state index contributed by atoms with van der Waals surface area (Å²) in [5, 5.41) is 0. The molecule has 0 aliphatic carbocycles. The van der Waals surface area contributed by atoms with E-state index in [1.54, 1.807) is 0 Å². The highest BCUT2D eigenvalue weighted by Crippen LogP contribution is 2.05. The van der Waals surface area contributed by atoms with Crippen LogP contribution in [0.3, 0.4) is 0 Å². The first-order chi connectivity index (χ1) is 11.0. The predicted molar refractivity (Wildman–Crippen MR) is 93.4 cm³/mol. The maximum Gasteiger partial charge on any atom is 0.236 e. The third-order valence-corrected chi connectivity index (χ3v) is 4.63. The minimum absolute atomic E-state index is 0.211. The lowest BCUT2D eigenvalue weighted by Crippen LogP contribution is -2.43. The molecule has 6 heteroatoms. The summed E-state index contributed by atoms with van der Waals surface area (Å²) in [5.41, 5.74) is 0. The third kappa shape index (κ3) is 6.47. The Balaban J connectivity index is 2.44. The van der Waals surface area contributed by atoms with E-state index in [1.165, 1.54) is 0 Å². The van der Waals surface area contributed by atoms with E-state index in [0.717, 1.165) is 58.8 Å². The van der Waals surface area contributed by atoms with Gasteiger partial charge in [-0.15, -0.1) is 0 Å². The van der Waals surface area contributed by atoms with E-state index < -0.39 is 0 Å². The van der Waals surface area contributed by atoms with Gasteiger partial charge < -0.3 is 9.80 Å². The zero-order valence-corrected chi connectivity index (χ0v) is 15.4. The number of carbonyl (C=O) groups excluding carboxylic acids is 2. The van der Waals surface area contributed by atoms with E-state index in [0.29, 0.717) is 13.1 Å². The zero-order chi connectivity index (χ0) is 17.2. The Morgan fingerprint density at radius 1 is 0.696 bits per heavy atom. The highest BCUT2D eigenvalue weighted by Gasteiger charge is 2.21. The number of hydrogen-bond donors (Lipinski definition) is 0. The van der Waals surface area contributed by atoms with Crippen molar-refractivity contribution in [2.24, 2.45) is 0 Å². The molecular formula is C17H34N4O2. The maximum atomic E-state index is 12.2. The summed E-state index contributed by atoms with van der Waals surface area (Å²) in [6, 6.07) is 0. The van der Waals surface area contributed by atoms with Crippen molar-refractivity contribution in [3.05, 3.63) is 0 Å². The van der Waals surface area contributed by atoms with Crippen LogP contribution in [0.2, 0.25) is 0 Å². The molecule has 0 saturated carbocycles. The Labute approximate surface area is 141 Å². The van der Waals surface area contributed by atoms with Gasteiger partial charge in [0.1, 0.15) is 0 Å². The van der Waals surface area contributed by atoms with Gasteiger partial charge in [-0.2, -0.15) is 0 Å². The van der Waals surface area contributed by atoms with Crippen LogP contribution in [0.5, 0.6) is 0 Å². The lowest BCUT2D eigenvalue weighted by molar-refractivity contribution is -0.133. The van der Waals surface area contributed by atoms with Crippen molar-refractivity contribution in [1.82, 2.24) is 19.6 Å². The standard InChI is InChI=1S/C17H34N4O2/c1-5-20(6-2)16(22)14-18-10-9-11-19(13-12-18)15-17(23)21(7-3)8-4/h5-15H2,1-4H3. The van der Waals surface area contributed by atoms with Crippen LogP contribution < -0.4 is 0 Å². The molecule has 0 unspecified atom stereocenters. The molecule has 2 amide bonds. The Bertz CT molecular complexity index is 334. The normalized spacial score (nSPS) is 16.9. The molecule has 1 rings (SSSR count). The molecule has 0 N–H and O–H groups in total. The first-order valence-corrected chi connectivity index (χ1v) is 9.05. The average molecular weight is 326 g/mol. The minimum atomic E-state index is 0.211.